The first kappa shape index (κ1) is 10.5. The van der Waals surface area contributed by atoms with Crippen LogP contribution in [0.3, 0.4) is 0 Å². The molecule has 1 aliphatic carbocycles. The summed E-state index contributed by atoms with van der Waals surface area (Å²) in [4.78, 5) is 11.6. The number of aliphatic hydroxyl groups excluding tert-OH is 1. The van der Waals surface area contributed by atoms with Crippen molar-refractivity contribution in [2.24, 2.45) is 11.3 Å². The van der Waals surface area contributed by atoms with Crippen molar-refractivity contribution >= 4 is 5.78 Å². The summed E-state index contributed by atoms with van der Waals surface area (Å²) in [7, 11) is 0. The molecule has 2 atom stereocenters. The maximum absolute atomic E-state index is 11.6. The van der Waals surface area contributed by atoms with Crippen molar-refractivity contribution in [3.8, 4) is 0 Å². The fourth-order valence-corrected chi connectivity index (χ4v) is 1.79. The predicted octanol–water partition coefficient (Wildman–Crippen LogP) is 1.93. The number of hydrogen-bond acceptors (Lipinski definition) is 2. The Morgan fingerprint density at radius 1 is 1.69 bits per heavy atom. The van der Waals surface area contributed by atoms with Crippen LogP contribution in [0, 0.1) is 11.3 Å². The average Bonchev–Trinajstić information content (AvgIpc) is 2.08. The third kappa shape index (κ3) is 2.19. The molecular weight excluding hydrogens is 164 g/mol. The van der Waals surface area contributed by atoms with E-state index in [4.69, 9.17) is 0 Å². The van der Waals surface area contributed by atoms with Gasteiger partial charge in [0.1, 0.15) is 5.78 Å². The second-order valence-electron chi connectivity index (χ2n) is 4.54. The van der Waals surface area contributed by atoms with E-state index < -0.39 is 6.10 Å². The first-order valence-corrected chi connectivity index (χ1v) is 4.81. The van der Waals surface area contributed by atoms with Gasteiger partial charge in [-0.15, -0.1) is 6.58 Å². The Hall–Kier alpha value is -0.630. The molecule has 1 fully saturated rings. The molecule has 74 valence electrons. The van der Waals surface area contributed by atoms with Gasteiger partial charge in [-0.2, -0.15) is 0 Å². The van der Waals surface area contributed by atoms with Crippen LogP contribution < -0.4 is 0 Å². The van der Waals surface area contributed by atoms with E-state index in [1.165, 1.54) is 6.08 Å². The van der Waals surface area contributed by atoms with Gasteiger partial charge >= 0.3 is 0 Å². The van der Waals surface area contributed by atoms with Gasteiger partial charge < -0.3 is 5.11 Å². The van der Waals surface area contributed by atoms with Gasteiger partial charge in [0.2, 0.25) is 0 Å². The Bertz CT molecular complexity index is 218. The summed E-state index contributed by atoms with van der Waals surface area (Å²) < 4.78 is 0. The summed E-state index contributed by atoms with van der Waals surface area (Å²) in [5.41, 5.74) is -0.183. The lowest BCUT2D eigenvalue weighted by Gasteiger charge is -2.34. The van der Waals surface area contributed by atoms with E-state index in [2.05, 4.69) is 6.58 Å². The summed E-state index contributed by atoms with van der Waals surface area (Å²) in [6.45, 7) is 7.49. The van der Waals surface area contributed by atoms with Gasteiger partial charge in [0.15, 0.2) is 0 Å². The lowest BCUT2D eigenvalue weighted by molar-refractivity contribution is -0.132. The molecule has 0 amide bonds. The molecule has 1 N–H and O–H groups in total. The highest BCUT2D eigenvalue weighted by Gasteiger charge is 2.36. The molecule has 0 aromatic carbocycles. The zero-order chi connectivity index (χ0) is 10.1. The first-order valence-electron chi connectivity index (χ1n) is 4.81. The van der Waals surface area contributed by atoms with Crippen LogP contribution in [0.5, 0.6) is 0 Å². The molecule has 1 rings (SSSR count). The SMILES string of the molecule is C=CC(O)C1CCC(C)(C)C(=O)C1. The Balaban J connectivity index is 2.61. The molecular formula is C11H18O2. The second-order valence-corrected chi connectivity index (χ2v) is 4.54. The predicted molar refractivity (Wildman–Crippen MR) is 52.3 cm³/mol. The van der Waals surface area contributed by atoms with Gasteiger partial charge in [0.05, 0.1) is 6.10 Å². The number of ketones is 1. The Kier molecular flexibility index (Phi) is 2.91. The van der Waals surface area contributed by atoms with Crippen molar-refractivity contribution in [1.82, 2.24) is 0 Å². The van der Waals surface area contributed by atoms with Gasteiger partial charge in [-0.25, -0.2) is 0 Å². The van der Waals surface area contributed by atoms with Gasteiger partial charge in [-0.1, -0.05) is 19.9 Å². The van der Waals surface area contributed by atoms with Crippen molar-refractivity contribution < 1.29 is 9.90 Å². The fourth-order valence-electron chi connectivity index (χ4n) is 1.79. The van der Waals surface area contributed by atoms with E-state index in [0.29, 0.717) is 6.42 Å². The minimum Gasteiger partial charge on any atom is -0.389 e. The van der Waals surface area contributed by atoms with E-state index in [1.54, 1.807) is 0 Å². The minimum absolute atomic E-state index is 0.0954. The largest absolute Gasteiger partial charge is 0.389 e. The summed E-state index contributed by atoms with van der Waals surface area (Å²) in [5, 5.41) is 9.50. The average molecular weight is 182 g/mol. The van der Waals surface area contributed by atoms with E-state index in [1.807, 2.05) is 13.8 Å². The molecule has 0 spiro atoms. The molecule has 0 aromatic heterocycles. The fraction of sp³-hybridized carbons (Fsp3) is 0.727. The molecule has 2 nitrogen and oxygen atoms in total. The molecule has 1 saturated carbocycles. The maximum atomic E-state index is 11.6. The van der Waals surface area contributed by atoms with Crippen molar-refractivity contribution in [3.05, 3.63) is 12.7 Å². The maximum Gasteiger partial charge on any atom is 0.138 e. The zero-order valence-corrected chi connectivity index (χ0v) is 8.42. The van der Waals surface area contributed by atoms with Gasteiger partial charge in [-0.05, 0) is 18.8 Å². The van der Waals surface area contributed by atoms with Gasteiger partial charge in [-0.3, -0.25) is 4.79 Å². The molecule has 1 aliphatic rings. The van der Waals surface area contributed by atoms with Crippen LogP contribution in [0.15, 0.2) is 12.7 Å². The smallest absolute Gasteiger partial charge is 0.138 e. The second kappa shape index (κ2) is 3.62. The molecule has 2 unspecified atom stereocenters. The molecule has 0 radical (unpaired) electrons. The summed E-state index contributed by atoms with van der Waals surface area (Å²) >= 11 is 0. The van der Waals surface area contributed by atoms with Crippen molar-refractivity contribution in [2.75, 3.05) is 0 Å². The van der Waals surface area contributed by atoms with Crippen molar-refractivity contribution in [2.45, 2.75) is 39.2 Å². The van der Waals surface area contributed by atoms with Crippen LogP contribution >= 0.6 is 0 Å². The number of carbonyl (C=O) groups is 1. The van der Waals surface area contributed by atoms with Gasteiger partial charge in [0, 0.05) is 11.8 Å². The van der Waals surface area contributed by atoms with Crippen LogP contribution in [0.1, 0.15) is 33.1 Å². The number of carbonyl (C=O) groups excluding carboxylic acids is 1. The standard InChI is InChI=1S/C11H18O2/c1-4-9(12)8-5-6-11(2,3)10(13)7-8/h4,8-9,12H,1,5-7H2,2-3H3. The summed E-state index contributed by atoms with van der Waals surface area (Å²) in [6.07, 6.45) is 3.31. The van der Waals surface area contributed by atoms with E-state index in [0.717, 1.165) is 12.8 Å². The molecule has 0 heterocycles. The topological polar surface area (TPSA) is 37.3 Å². The van der Waals surface area contributed by atoms with Crippen LogP contribution in [0.4, 0.5) is 0 Å². The Labute approximate surface area is 79.6 Å². The summed E-state index contributed by atoms with van der Waals surface area (Å²) in [6, 6.07) is 0. The highest BCUT2D eigenvalue weighted by atomic mass is 16.3. The zero-order valence-electron chi connectivity index (χ0n) is 8.42. The monoisotopic (exact) mass is 182 g/mol. The van der Waals surface area contributed by atoms with Gasteiger partial charge in [0.25, 0.3) is 0 Å². The number of Topliss-reactive ketones (excluding diaryl/α,β-unsaturated/α-hetero) is 1. The quantitative estimate of drug-likeness (QED) is 0.662. The highest BCUT2D eigenvalue weighted by Crippen LogP contribution is 2.36. The van der Waals surface area contributed by atoms with Crippen LogP contribution in [-0.4, -0.2) is 17.0 Å². The molecule has 0 saturated heterocycles. The molecule has 13 heavy (non-hydrogen) atoms. The third-order valence-corrected chi connectivity index (χ3v) is 3.07. The van der Waals surface area contributed by atoms with E-state index in [9.17, 15) is 9.90 Å². The van der Waals surface area contributed by atoms with Crippen molar-refractivity contribution in [1.29, 1.82) is 0 Å². The van der Waals surface area contributed by atoms with E-state index in [-0.39, 0.29) is 17.1 Å². The number of aliphatic hydroxyl groups is 1. The highest BCUT2D eigenvalue weighted by molar-refractivity contribution is 5.85. The third-order valence-electron chi connectivity index (χ3n) is 3.07. The normalized spacial score (nSPS) is 29.8. The summed E-state index contributed by atoms with van der Waals surface area (Å²) in [5.74, 6) is 0.364. The molecule has 0 bridgehead atoms. The first-order chi connectivity index (χ1) is 5.97. The lowest BCUT2D eigenvalue weighted by atomic mass is 9.70. The van der Waals surface area contributed by atoms with E-state index >= 15 is 0 Å². The lowest BCUT2D eigenvalue weighted by Crippen LogP contribution is -2.35. The number of hydrogen-bond donors (Lipinski definition) is 1. The van der Waals surface area contributed by atoms with Crippen LogP contribution in [-0.2, 0) is 4.79 Å². The number of rotatable bonds is 2. The van der Waals surface area contributed by atoms with Crippen LogP contribution in [0.25, 0.3) is 0 Å². The Morgan fingerprint density at radius 3 is 2.77 bits per heavy atom. The van der Waals surface area contributed by atoms with Crippen molar-refractivity contribution in [3.63, 3.8) is 0 Å². The molecule has 0 aromatic rings. The van der Waals surface area contributed by atoms with Crippen LogP contribution in [0.2, 0.25) is 0 Å². The molecule has 0 aliphatic heterocycles. The minimum atomic E-state index is -0.514. The molecule has 2 heteroatoms. The Morgan fingerprint density at radius 2 is 2.31 bits per heavy atom.